The molecule has 0 spiro atoms. The van der Waals surface area contributed by atoms with Gasteiger partial charge in [0.15, 0.2) is 11.6 Å². The van der Waals surface area contributed by atoms with Crippen LogP contribution in [0.4, 0.5) is 14.5 Å². The zero-order chi connectivity index (χ0) is 17.4. The maximum absolute atomic E-state index is 13.4. The number of anilines is 1. The molecule has 3 nitrogen and oxygen atoms in total. The molecule has 6 heteroatoms. The van der Waals surface area contributed by atoms with Gasteiger partial charge in [-0.15, -0.1) is 0 Å². The molecule has 0 saturated heterocycles. The molecule has 0 aliphatic carbocycles. The smallest absolute Gasteiger partial charge is 0.224 e. The van der Waals surface area contributed by atoms with Crippen molar-refractivity contribution in [1.82, 2.24) is 0 Å². The summed E-state index contributed by atoms with van der Waals surface area (Å²) in [5, 5.41) is 0. The second kappa shape index (κ2) is 6.51. The van der Waals surface area contributed by atoms with E-state index >= 15 is 0 Å². The molecule has 1 heterocycles. The third-order valence-electron chi connectivity index (χ3n) is 4.15. The minimum atomic E-state index is -0.965. The topological polar surface area (TPSA) is 29.5 Å². The SMILES string of the molecule is CC(=O)N1c2ccc(Br)c(Oc3ccc(F)c(F)c3)c2CCC1C. The maximum atomic E-state index is 13.4. The normalized spacial score (nSPS) is 16.7. The fourth-order valence-corrected chi connectivity index (χ4v) is 3.48. The Hall–Kier alpha value is -1.95. The first-order chi connectivity index (χ1) is 11.4. The van der Waals surface area contributed by atoms with Gasteiger partial charge in [0.25, 0.3) is 0 Å². The molecule has 2 aromatic rings. The Labute approximate surface area is 147 Å². The van der Waals surface area contributed by atoms with Crippen molar-refractivity contribution in [1.29, 1.82) is 0 Å². The number of hydrogen-bond acceptors (Lipinski definition) is 2. The third-order valence-corrected chi connectivity index (χ3v) is 4.77. The molecule has 1 unspecified atom stereocenters. The summed E-state index contributed by atoms with van der Waals surface area (Å²) in [6.45, 7) is 3.53. The van der Waals surface area contributed by atoms with Crippen LogP contribution in [0.25, 0.3) is 0 Å². The van der Waals surface area contributed by atoms with Crippen LogP contribution >= 0.6 is 15.9 Å². The summed E-state index contributed by atoms with van der Waals surface area (Å²) < 4.78 is 33.0. The van der Waals surface area contributed by atoms with Gasteiger partial charge in [-0.05, 0) is 60.0 Å². The maximum Gasteiger partial charge on any atom is 0.224 e. The molecule has 24 heavy (non-hydrogen) atoms. The minimum absolute atomic E-state index is 0.0375. The zero-order valence-electron chi connectivity index (χ0n) is 13.3. The van der Waals surface area contributed by atoms with Gasteiger partial charge in [-0.3, -0.25) is 4.79 Å². The van der Waals surface area contributed by atoms with E-state index in [1.807, 2.05) is 13.0 Å². The zero-order valence-corrected chi connectivity index (χ0v) is 14.9. The van der Waals surface area contributed by atoms with Crippen LogP contribution in [0.1, 0.15) is 25.8 Å². The Balaban J connectivity index is 2.05. The molecule has 1 amide bonds. The Morgan fingerprint density at radius 3 is 2.67 bits per heavy atom. The number of carbonyl (C=O) groups is 1. The minimum Gasteiger partial charge on any atom is -0.456 e. The summed E-state index contributed by atoms with van der Waals surface area (Å²) in [6, 6.07) is 7.18. The second-order valence-corrected chi connectivity index (χ2v) is 6.68. The summed E-state index contributed by atoms with van der Waals surface area (Å²) in [5.74, 6) is -1.20. The van der Waals surface area contributed by atoms with E-state index in [1.165, 1.54) is 13.0 Å². The van der Waals surface area contributed by atoms with Gasteiger partial charge in [0, 0.05) is 24.6 Å². The van der Waals surface area contributed by atoms with Crippen molar-refractivity contribution in [2.24, 2.45) is 0 Å². The molecule has 1 aliphatic rings. The van der Waals surface area contributed by atoms with Crippen molar-refractivity contribution in [3.05, 3.63) is 52.0 Å². The quantitative estimate of drug-likeness (QED) is 0.698. The van der Waals surface area contributed by atoms with Crippen LogP contribution in [-0.2, 0) is 11.2 Å². The summed E-state index contributed by atoms with van der Waals surface area (Å²) in [5.41, 5.74) is 1.67. The predicted molar refractivity (Wildman–Crippen MR) is 91.5 cm³/mol. The highest BCUT2D eigenvalue weighted by atomic mass is 79.9. The van der Waals surface area contributed by atoms with Gasteiger partial charge in [0.05, 0.1) is 10.2 Å². The second-order valence-electron chi connectivity index (χ2n) is 5.83. The molecule has 2 aromatic carbocycles. The van der Waals surface area contributed by atoms with E-state index < -0.39 is 11.6 Å². The van der Waals surface area contributed by atoms with Crippen molar-refractivity contribution in [2.75, 3.05) is 4.90 Å². The highest BCUT2D eigenvalue weighted by Crippen LogP contribution is 2.43. The number of halogens is 3. The van der Waals surface area contributed by atoms with Crippen LogP contribution in [0.3, 0.4) is 0 Å². The van der Waals surface area contributed by atoms with Crippen molar-refractivity contribution in [2.45, 2.75) is 32.7 Å². The average molecular weight is 396 g/mol. The fraction of sp³-hybridized carbons (Fsp3) is 0.278. The van der Waals surface area contributed by atoms with Crippen LogP contribution in [0.15, 0.2) is 34.8 Å². The lowest BCUT2D eigenvalue weighted by molar-refractivity contribution is -0.117. The summed E-state index contributed by atoms with van der Waals surface area (Å²) in [6.07, 6.45) is 1.54. The molecule has 0 bridgehead atoms. The molecule has 0 aromatic heterocycles. The highest BCUT2D eigenvalue weighted by Gasteiger charge is 2.29. The molecule has 1 aliphatic heterocycles. The molecule has 0 N–H and O–H groups in total. The molecule has 0 fully saturated rings. The lowest BCUT2D eigenvalue weighted by Gasteiger charge is -2.35. The number of amides is 1. The van der Waals surface area contributed by atoms with Crippen LogP contribution in [0, 0.1) is 11.6 Å². The number of carbonyl (C=O) groups excluding carboxylic acids is 1. The van der Waals surface area contributed by atoms with E-state index in [9.17, 15) is 13.6 Å². The van der Waals surface area contributed by atoms with Gasteiger partial charge in [-0.1, -0.05) is 0 Å². The molecule has 1 atom stereocenters. The third kappa shape index (κ3) is 3.02. The van der Waals surface area contributed by atoms with E-state index in [2.05, 4.69) is 15.9 Å². The predicted octanol–water partition coefficient (Wildman–Crippen LogP) is 5.21. The first-order valence-corrected chi connectivity index (χ1v) is 8.42. The van der Waals surface area contributed by atoms with Gasteiger partial charge in [-0.2, -0.15) is 0 Å². The number of fused-ring (bicyclic) bond motifs is 1. The largest absolute Gasteiger partial charge is 0.456 e. The van der Waals surface area contributed by atoms with E-state index in [-0.39, 0.29) is 17.7 Å². The number of hydrogen-bond donors (Lipinski definition) is 0. The summed E-state index contributed by atoms with van der Waals surface area (Å²) in [7, 11) is 0. The van der Waals surface area contributed by atoms with Crippen molar-refractivity contribution < 1.29 is 18.3 Å². The van der Waals surface area contributed by atoms with Crippen LogP contribution in [0.5, 0.6) is 11.5 Å². The Bertz CT molecular complexity index is 810. The average Bonchev–Trinajstić information content (AvgIpc) is 2.53. The van der Waals surface area contributed by atoms with Crippen molar-refractivity contribution in [3.63, 3.8) is 0 Å². The van der Waals surface area contributed by atoms with Crippen LogP contribution < -0.4 is 9.64 Å². The van der Waals surface area contributed by atoms with E-state index in [1.54, 1.807) is 11.0 Å². The molecule has 0 radical (unpaired) electrons. The Morgan fingerprint density at radius 2 is 2.00 bits per heavy atom. The van der Waals surface area contributed by atoms with E-state index in [0.29, 0.717) is 10.2 Å². The Kier molecular flexibility index (Phi) is 4.58. The molecule has 0 saturated carbocycles. The van der Waals surface area contributed by atoms with Gasteiger partial charge < -0.3 is 9.64 Å². The molecular formula is C18H16BrF2NO2. The number of rotatable bonds is 2. The highest BCUT2D eigenvalue weighted by molar-refractivity contribution is 9.10. The standard InChI is InChI=1S/C18H16BrF2NO2/c1-10-3-5-13-17(22(10)11(2)23)8-6-14(19)18(13)24-12-4-7-15(20)16(21)9-12/h4,6-10H,3,5H2,1-2H3. The summed E-state index contributed by atoms with van der Waals surface area (Å²) >= 11 is 3.44. The number of nitrogens with zero attached hydrogens (tertiary/aromatic N) is 1. The summed E-state index contributed by atoms with van der Waals surface area (Å²) in [4.78, 5) is 13.7. The van der Waals surface area contributed by atoms with Crippen LogP contribution in [-0.4, -0.2) is 11.9 Å². The first kappa shape index (κ1) is 16.9. The van der Waals surface area contributed by atoms with E-state index in [0.717, 1.165) is 36.2 Å². The van der Waals surface area contributed by atoms with Gasteiger partial charge >= 0.3 is 0 Å². The van der Waals surface area contributed by atoms with Crippen LogP contribution in [0.2, 0.25) is 0 Å². The van der Waals surface area contributed by atoms with Gasteiger partial charge in [-0.25, -0.2) is 8.78 Å². The van der Waals surface area contributed by atoms with Crippen molar-refractivity contribution in [3.8, 4) is 11.5 Å². The lowest BCUT2D eigenvalue weighted by atomic mass is 9.95. The molecular weight excluding hydrogens is 380 g/mol. The van der Waals surface area contributed by atoms with Gasteiger partial charge in [0.2, 0.25) is 5.91 Å². The fourth-order valence-electron chi connectivity index (χ4n) is 3.02. The molecule has 3 rings (SSSR count). The monoisotopic (exact) mass is 395 g/mol. The van der Waals surface area contributed by atoms with Crippen molar-refractivity contribution >= 4 is 27.5 Å². The van der Waals surface area contributed by atoms with Gasteiger partial charge in [0.1, 0.15) is 11.5 Å². The number of benzene rings is 2. The van der Waals surface area contributed by atoms with E-state index in [4.69, 9.17) is 4.74 Å². The number of ether oxygens (including phenoxy) is 1. The Morgan fingerprint density at radius 1 is 1.25 bits per heavy atom. The lowest BCUT2D eigenvalue weighted by Crippen LogP contribution is -2.40. The molecule has 126 valence electrons. The first-order valence-electron chi connectivity index (χ1n) is 7.62.